The van der Waals surface area contributed by atoms with Crippen molar-refractivity contribution in [3.05, 3.63) is 41.8 Å². The molecule has 0 aliphatic carbocycles. The SMILES string of the molecule is O=C1COC2(CCN(Cc3ccc4cccc(F)c4n3)C2)CN1. The first-order chi connectivity index (χ1) is 11.1. The summed E-state index contributed by atoms with van der Waals surface area (Å²) in [5.74, 6) is -0.346. The Balaban J connectivity index is 1.49. The number of carbonyl (C=O) groups is 1. The summed E-state index contributed by atoms with van der Waals surface area (Å²) in [5, 5.41) is 3.69. The standard InChI is InChI=1S/C17H18FN3O2/c18-14-3-1-2-12-4-5-13(20-16(12)14)8-21-7-6-17(11-21)10-19-15(22)9-23-17/h1-5H,6-11H2,(H,19,22). The third-order valence-electron chi connectivity index (χ3n) is 4.63. The molecule has 3 heterocycles. The summed E-state index contributed by atoms with van der Waals surface area (Å²) < 4.78 is 19.6. The van der Waals surface area contributed by atoms with E-state index in [-0.39, 0.29) is 23.9 Å². The smallest absolute Gasteiger partial charge is 0.246 e. The summed E-state index contributed by atoms with van der Waals surface area (Å²) in [6, 6.07) is 8.83. The largest absolute Gasteiger partial charge is 0.362 e. The number of benzene rings is 1. The molecule has 120 valence electrons. The fourth-order valence-electron chi connectivity index (χ4n) is 3.37. The lowest BCUT2D eigenvalue weighted by molar-refractivity contribution is -0.142. The number of fused-ring (bicyclic) bond motifs is 1. The molecule has 5 nitrogen and oxygen atoms in total. The van der Waals surface area contributed by atoms with Crippen LogP contribution < -0.4 is 5.32 Å². The summed E-state index contributed by atoms with van der Waals surface area (Å²) in [4.78, 5) is 17.9. The van der Waals surface area contributed by atoms with Gasteiger partial charge in [0.25, 0.3) is 0 Å². The van der Waals surface area contributed by atoms with Gasteiger partial charge >= 0.3 is 0 Å². The molecule has 1 N–H and O–H groups in total. The first-order valence-electron chi connectivity index (χ1n) is 7.81. The van der Waals surface area contributed by atoms with Crippen LogP contribution in [0.1, 0.15) is 12.1 Å². The molecule has 6 heteroatoms. The fraction of sp³-hybridized carbons (Fsp3) is 0.412. The summed E-state index contributed by atoms with van der Waals surface area (Å²) >= 11 is 0. The van der Waals surface area contributed by atoms with Crippen molar-refractivity contribution in [1.29, 1.82) is 0 Å². The first-order valence-corrected chi connectivity index (χ1v) is 7.81. The number of amides is 1. The van der Waals surface area contributed by atoms with Gasteiger partial charge in [0.15, 0.2) is 0 Å². The Morgan fingerprint density at radius 3 is 3.09 bits per heavy atom. The second kappa shape index (κ2) is 5.54. The number of nitrogens with one attached hydrogen (secondary N) is 1. The van der Waals surface area contributed by atoms with Gasteiger partial charge in [-0.05, 0) is 18.6 Å². The number of rotatable bonds is 2. The molecular weight excluding hydrogens is 297 g/mol. The van der Waals surface area contributed by atoms with Crippen LogP contribution in [0.2, 0.25) is 0 Å². The predicted octanol–water partition coefficient (Wildman–Crippen LogP) is 1.46. The number of pyridine rings is 1. The van der Waals surface area contributed by atoms with E-state index < -0.39 is 0 Å². The summed E-state index contributed by atoms with van der Waals surface area (Å²) in [7, 11) is 0. The molecule has 1 amide bonds. The van der Waals surface area contributed by atoms with E-state index >= 15 is 0 Å². The van der Waals surface area contributed by atoms with Gasteiger partial charge in [0.05, 0.1) is 11.3 Å². The Bertz CT molecular complexity index is 755. The van der Waals surface area contributed by atoms with Crippen molar-refractivity contribution in [2.24, 2.45) is 0 Å². The van der Waals surface area contributed by atoms with Gasteiger partial charge in [-0.3, -0.25) is 9.69 Å². The first kappa shape index (κ1) is 14.5. The Morgan fingerprint density at radius 2 is 2.26 bits per heavy atom. The molecule has 1 aromatic carbocycles. The zero-order valence-electron chi connectivity index (χ0n) is 12.7. The number of carbonyl (C=O) groups excluding carboxylic acids is 1. The van der Waals surface area contributed by atoms with E-state index in [1.165, 1.54) is 6.07 Å². The molecule has 23 heavy (non-hydrogen) atoms. The third kappa shape index (κ3) is 2.80. The summed E-state index contributed by atoms with van der Waals surface area (Å²) in [6.45, 7) is 2.98. The number of hydrogen-bond acceptors (Lipinski definition) is 4. The van der Waals surface area contributed by atoms with E-state index in [0.717, 1.165) is 30.6 Å². The van der Waals surface area contributed by atoms with Crippen LogP contribution >= 0.6 is 0 Å². The van der Waals surface area contributed by atoms with Crippen LogP contribution in [0.25, 0.3) is 10.9 Å². The highest BCUT2D eigenvalue weighted by Crippen LogP contribution is 2.28. The highest BCUT2D eigenvalue weighted by molar-refractivity contribution is 5.79. The van der Waals surface area contributed by atoms with E-state index in [2.05, 4.69) is 15.2 Å². The lowest BCUT2D eigenvalue weighted by Gasteiger charge is -2.33. The van der Waals surface area contributed by atoms with E-state index in [9.17, 15) is 9.18 Å². The molecule has 1 aromatic heterocycles. The maximum absolute atomic E-state index is 13.9. The van der Waals surface area contributed by atoms with Crippen LogP contribution in [-0.4, -0.2) is 47.6 Å². The van der Waals surface area contributed by atoms with Crippen molar-refractivity contribution >= 4 is 16.8 Å². The monoisotopic (exact) mass is 315 g/mol. The van der Waals surface area contributed by atoms with E-state index in [1.807, 2.05) is 18.2 Å². The Labute approximate surface area is 133 Å². The van der Waals surface area contributed by atoms with Gasteiger partial charge in [0.1, 0.15) is 17.9 Å². The molecule has 0 saturated carbocycles. The minimum atomic E-state index is -0.291. The molecule has 1 spiro atoms. The molecule has 2 aliphatic heterocycles. The summed E-state index contributed by atoms with van der Waals surface area (Å²) in [5.41, 5.74) is 0.982. The number of hydrogen-bond donors (Lipinski definition) is 1. The van der Waals surface area contributed by atoms with Gasteiger partial charge in [-0.15, -0.1) is 0 Å². The molecule has 1 unspecified atom stereocenters. The number of aromatic nitrogens is 1. The van der Waals surface area contributed by atoms with Gasteiger partial charge in [-0.2, -0.15) is 0 Å². The molecular formula is C17H18FN3O2. The number of ether oxygens (including phenoxy) is 1. The Morgan fingerprint density at radius 1 is 1.35 bits per heavy atom. The molecule has 4 rings (SSSR count). The van der Waals surface area contributed by atoms with Gasteiger partial charge in [0.2, 0.25) is 5.91 Å². The molecule has 2 fully saturated rings. The molecule has 2 aromatic rings. The van der Waals surface area contributed by atoms with E-state index in [4.69, 9.17) is 4.74 Å². The van der Waals surface area contributed by atoms with Crippen molar-refractivity contribution in [3.63, 3.8) is 0 Å². The van der Waals surface area contributed by atoms with Crippen molar-refractivity contribution in [2.45, 2.75) is 18.6 Å². The van der Waals surface area contributed by atoms with Crippen LogP contribution in [0.4, 0.5) is 4.39 Å². The molecule has 0 radical (unpaired) electrons. The second-order valence-electron chi connectivity index (χ2n) is 6.32. The highest BCUT2D eigenvalue weighted by atomic mass is 19.1. The van der Waals surface area contributed by atoms with Gasteiger partial charge < -0.3 is 10.1 Å². The maximum atomic E-state index is 13.9. The minimum Gasteiger partial charge on any atom is -0.362 e. The Hall–Kier alpha value is -2.05. The zero-order chi connectivity index (χ0) is 15.9. The van der Waals surface area contributed by atoms with Gasteiger partial charge in [-0.25, -0.2) is 9.37 Å². The average Bonchev–Trinajstić information content (AvgIpc) is 2.94. The lowest BCUT2D eigenvalue weighted by atomic mass is 10.0. The quantitative estimate of drug-likeness (QED) is 0.912. The van der Waals surface area contributed by atoms with Crippen LogP contribution in [0.3, 0.4) is 0 Å². The van der Waals surface area contributed by atoms with Gasteiger partial charge in [0, 0.05) is 31.6 Å². The van der Waals surface area contributed by atoms with Crippen LogP contribution in [-0.2, 0) is 16.1 Å². The normalized spacial score (nSPS) is 25.2. The van der Waals surface area contributed by atoms with E-state index in [0.29, 0.717) is 18.6 Å². The predicted molar refractivity (Wildman–Crippen MR) is 83.3 cm³/mol. The highest BCUT2D eigenvalue weighted by Gasteiger charge is 2.42. The Kier molecular flexibility index (Phi) is 3.50. The van der Waals surface area contributed by atoms with Crippen molar-refractivity contribution < 1.29 is 13.9 Å². The van der Waals surface area contributed by atoms with Crippen molar-refractivity contribution in [1.82, 2.24) is 15.2 Å². The van der Waals surface area contributed by atoms with Crippen molar-refractivity contribution in [3.8, 4) is 0 Å². The average molecular weight is 315 g/mol. The van der Waals surface area contributed by atoms with Crippen LogP contribution in [0.5, 0.6) is 0 Å². The molecule has 2 saturated heterocycles. The number of halogens is 1. The second-order valence-corrected chi connectivity index (χ2v) is 6.32. The van der Waals surface area contributed by atoms with Crippen molar-refractivity contribution in [2.75, 3.05) is 26.2 Å². The van der Waals surface area contributed by atoms with Crippen LogP contribution in [0.15, 0.2) is 30.3 Å². The fourth-order valence-corrected chi connectivity index (χ4v) is 3.37. The number of nitrogens with zero attached hydrogens (tertiary/aromatic N) is 2. The molecule has 1 atom stereocenters. The molecule has 0 bridgehead atoms. The van der Waals surface area contributed by atoms with Gasteiger partial charge in [-0.1, -0.05) is 18.2 Å². The summed E-state index contributed by atoms with van der Waals surface area (Å²) in [6.07, 6.45) is 0.884. The topological polar surface area (TPSA) is 54.5 Å². The van der Waals surface area contributed by atoms with E-state index in [1.54, 1.807) is 6.07 Å². The van der Waals surface area contributed by atoms with Crippen LogP contribution in [0, 0.1) is 5.82 Å². The number of likely N-dealkylation sites (tertiary alicyclic amines) is 1. The molecule has 2 aliphatic rings. The number of para-hydroxylation sites is 1. The zero-order valence-corrected chi connectivity index (χ0v) is 12.7. The lowest BCUT2D eigenvalue weighted by Crippen LogP contribution is -2.53. The number of morpholine rings is 1. The third-order valence-corrected chi connectivity index (χ3v) is 4.63. The maximum Gasteiger partial charge on any atom is 0.246 e. The minimum absolute atomic E-state index is 0.0549.